The molecular formula is C48H47Cl2N9O12. The number of hydrogen-bond donors (Lipinski definition) is 3. The van der Waals surface area contributed by atoms with Crippen LogP contribution in [-0.2, 0) is 30.9 Å². The molecule has 7 amide bonds. The van der Waals surface area contributed by atoms with Crippen molar-refractivity contribution in [3.8, 4) is 23.0 Å². The smallest absolute Gasteiger partial charge is 0.279 e. The molecule has 71 heavy (non-hydrogen) atoms. The lowest BCUT2D eigenvalue weighted by Gasteiger charge is -2.28. The number of aromatic nitrogens is 4. The average Bonchev–Trinajstić information content (AvgIpc) is 3.95. The molecule has 3 aromatic heterocycles. The van der Waals surface area contributed by atoms with Gasteiger partial charge in [-0.3, -0.25) is 53.5 Å². The number of ether oxygens (including phenoxy) is 4. The van der Waals surface area contributed by atoms with Crippen molar-refractivity contribution in [2.75, 3.05) is 58.1 Å². The molecule has 0 bridgehead atoms. The molecule has 21 nitrogen and oxygen atoms in total. The zero-order valence-electron chi connectivity index (χ0n) is 38.8. The number of benzene rings is 2. The Morgan fingerprint density at radius 2 is 1.54 bits per heavy atom. The van der Waals surface area contributed by atoms with E-state index < -0.39 is 59.0 Å². The molecular weight excluding hydrogens is 965 g/mol. The van der Waals surface area contributed by atoms with Crippen molar-refractivity contribution < 1.29 is 52.5 Å². The van der Waals surface area contributed by atoms with E-state index in [4.69, 9.17) is 47.1 Å². The van der Waals surface area contributed by atoms with E-state index in [1.807, 2.05) is 18.4 Å². The molecule has 5 aromatic rings. The molecule has 1 unspecified atom stereocenters. The van der Waals surface area contributed by atoms with E-state index in [2.05, 4.69) is 20.9 Å². The Morgan fingerprint density at radius 1 is 0.831 bits per heavy atom. The van der Waals surface area contributed by atoms with Crippen molar-refractivity contribution in [3.05, 3.63) is 121 Å². The molecule has 23 heteroatoms. The van der Waals surface area contributed by atoms with Crippen molar-refractivity contribution in [1.82, 2.24) is 40.0 Å². The third-order valence-electron chi connectivity index (χ3n) is 11.8. The predicted octanol–water partition coefficient (Wildman–Crippen LogP) is 3.65. The molecule has 3 aliphatic rings. The van der Waals surface area contributed by atoms with Gasteiger partial charge in [0.2, 0.25) is 17.7 Å². The summed E-state index contributed by atoms with van der Waals surface area (Å²) in [5.74, 6) is -3.32. The highest BCUT2D eigenvalue weighted by molar-refractivity contribution is 6.31. The van der Waals surface area contributed by atoms with E-state index in [1.54, 1.807) is 37.4 Å². The second-order valence-corrected chi connectivity index (χ2v) is 17.6. The number of carbonyl (C=O) groups excluding carboxylic acids is 7. The third kappa shape index (κ3) is 10.3. The number of piperidine rings is 1. The first-order chi connectivity index (χ1) is 34.1. The van der Waals surface area contributed by atoms with E-state index in [9.17, 15) is 38.4 Å². The van der Waals surface area contributed by atoms with Crippen LogP contribution in [0.3, 0.4) is 0 Å². The van der Waals surface area contributed by atoms with Crippen LogP contribution in [0.2, 0.25) is 10.0 Å². The second kappa shape index (κ2) is 21.3. The number of hydrogen-bond acceptors (Lipinski definition) is 14. The summed E-state index contributed by atoms with van der Waals surface area (Å²) in [6, 6.07) is 12.0. The Bertz CT molecular complexity index is 3030. The van der Waals surface area contributed by atoms with Gasteiger partial charge in [0.1, 0.15) is 29.3 Å². The number of carbonyl (C=O) groups is 7. The summed E-state index contributed by atoms with van der Waals surface area (Å²) in [4.78, 5) is 115. The molecule has 2 aromatic carbocycles. The fraction of sp³-hybridized carbons (Fsp3) is 0.333. The summed E-state index contributed by atoms with van der Waals surface area (Å²) in [5.41, 5.74) is 1.57. The van der Waals surface area contributed by atoms with Crippen molar-refractivity contribution in [2.24, 2.45) is 7.05 Å². The molecule has 370 valence electrons. The number of methoxy groups -OCH3 is 1. The lowest BCUT2D eigenvalue weighted by Crippen LogP contribution is -2.54. The first-order valence-electron chi connectivity index (χ1n) is 22.4. The maximum atomic E-state index is 14.5. The van der Waals surface area contributed by atoms with E-state index in [-0.39, 0.29) is 110 Å². The number of imidazole rings is 1. The number of aryl methyl sites for hydroxylation is 1. The lowest BCUT2D eigenvalue weighted by atomic mass is 10.0. The first kappa shape index (κ1) is 49.9. The van der Waals surface area contributed by atoms with Crippen LogP contribution in [0.5, 0.6) is 11.6 Å². The van der Waals surface area contributed by atoms with E-state index >= 15 is 0 Å². The number of amides is 7. The van der Waals surface area contributed by atoms with Crippen LogP contribution >= 0.6 is 23.2 Å². The average molecular weight is 1010 g/mol. The summed E-state index contributed by atoms with van der Waals surface area (Å²) in [5, 5.41) is 8.35. The number of imide groups is 2. The van der Waals surface area contributed by atoms with Crippen molar-refractivity contribution in [2.45, 2.75) is 44.8 Å². The van der Waals surface area contributed by atoms with Gasteiger partial charge in [0.05, 0.1) is 66.5 Å². The fourth-order valence-corrected chi connectivity index (χ4v) is 8.90. The number of pyridine rings is 2. The SMILES string of the molecule is COc1ncc(C(=O)NCCOCCOCCNC(=O)COc2ccc3c(c2)C(=O)N(C2CCC(=O)NC2=O)C3=O)cc1-c1nc2c(n1C(C)C)[C@H](c1ccc(Cl)cc1)N(c1cc(Cl)cn(C)c1=O)C2=O. The predicted molar refractivity (Wildman–Crippen MR) is 255 cm³/mol. The molecule has 0 saturated carbocycles. The van der Waals surface area contributed by atoms with E-state index in [1.165, 1.54) is 53.2 Å². The van der Waals surface area contributed by atoms with Crippen LogP contribution in [0, 0.1) is 0 Å². The zero-order valence-corrected chi connectivity index (χ0v) is 40.3. The standard InChI is InChI=1S/C48H47Cl2N9O12/c1-25(2)57-40-38(48(67)58(35-20-29(50)23-56(3)47(35)66)39(40)26-5-7-28(49)8-6-26)55-41(57)33-19-27(22-53-44(33)68-4)42(62)52-14-16-70-18-17-69-15-13-51-37(61)24-71-30-9-10-31-32(21-30)46(65)59(45(31)64)34-11-12-36(60)54-43(34)63/h5-10,19-23,25,34,39H,11-18,24H2,1-4H3,(H,51,61)(H,52,62)(H,54,60,63)/t34?,39-/m0/s1. The summed E-state index contributed by atoms with van der Waals surface area (Å²) in [6.45, 7) is 4.49. The molecule has 6 heterocycles. The fourth-order valence-electron chi connectivity index (χ4n) is 8.52. The molecule has 1 fully saturated rings. The molecule has 0 spiro atoms. The number of anilines is 1. The van der Waals surface area contributed by atoms with Gasteiger partial charge in [0.25, 0.3) is 35.1 Å². The quantitative estimate of drug-likeness (QED) is 0.0790. The van der Waals surface area contributed by atoms with Gasteiger partial charge in [-0.25, -0.2) is 9.97 Å². The highest BCUT2D eigenvalue weighted by atomic mass is 35.5. The van der Waals surface area contributed by atoms with Gasteiger partial charge in [-0.1, -0.05) is 35.3 Å². The Hall–Kier alpha value is -7.46. The molecule has 0 radical (unpaired) electrons. The van der Waals surface area contributed by atoms with Crippen LogP contribution in [0.4, 0.5) is 5.69 Å². The van der Waals surface area contributed by atoms with Gasteiger partial charge >= 0.3 is 0 Å². The maximum absolute atomic E-state index is 14.5. The van der Waals surface area contributed by atoms with Gasteiger partial charge in [-0.15, -0.1) is 0 Å². The number of rotatable bonds is 19. The normalized spacial score (nSPS) is 16.4. The van der Waals surface area contributed by atoms with Gasteiger partial charge in [-0.05, 0) is 68.3 Å². The van der Waals surface area contributed by atoms with Gasteiger partial charge < -0.3 is 38.7 Å². The number of halogens is 2. The number of fused-ring (bicyclic) bond motifs is 2. The number of nitrogens with zero attached hydrogens (tertiary/aromatic N) is 6. The van der Waals surface area contributed by atoms with Crippen LogP contribution in [0.15, 0.2) is 71.8 Å². The van der Waals surface area contributed by atoms with Crippen molar-refractivity contribution >= 4 is 70.2 Å². The van der Waals surface area contributed by atoms with Gasteiger partial charge in [-0.2, -0.15) is 0 Å². The first-order valence-corrected chi connectivity index (χ1v) is 23.1. The van der Waals surface area contributed by atoms with Crippen molar-refractivity contribution in [1.29, 1.82) is 0 Å². The summed E-state index contributed by atoms with van der Waals surface area (Å²) in [6.07, 6.45) is 2.86. The van der Waals surface area contributed by atoms with Crippen molar-refractivity contribution in [3.63, 3.8) is 0 Å². The largest absolute Gasteiger partial charge is 0.484 e. The minimum absolute atomic E-state index is 0.00108. The Morgan fingerprint density at radius 3 is 2.23 bits per heavy atom. The van der Waals surface area contributed by atoms with E-state index in [0.717, 1.165) is 4.90 Å². The third-order valence-corrected chi connectivity index (χ3v) is 12.2. The Kier molecular flexibility index (Phi) is 15.0. The Labute approximate surface area is 415 Å². The maximum Gasteiger partial charge on any atom is 0.279 e. The molecule has 8 rings (SSSR count). The highest BCUT2D eigenvalue weighted by Gasteiger charge is 2.47. The van der Waals surface area contributed by atoms with E-state index in [0.29, 0.717) is 27.7 Å². The Balaban J connectivity index is 0.810. The molecule has 3 aliphatic heterocycles. The number of nitrogens with one attached hydrogen (secondary N) is 3. The van der Waals surface area contributed by atoms with Gasteiger partial charge in [0.15, 0.2) is 12.3 Å². The molecule has 0 aliphatic carbocycles. The summed E-state index contributed by atoms with van der Waals surface area (Å²) >= 11 is 12.7. The molecule has 1 saturated heterocycles. The van der Waals surface area contributed by atoms with Crippen LogP contribution in [0.25, 0.3) is 11.4 Å². The lowest BCUT2D eigenvalue weighted by molar-refractivity contribution is -0.136. The highest BCUT2D eigenvalue weighted by Crippen LogP contribution is 2.45. The summed E-state index contributed by atoms with van der Waals surface area (Å²) in [7, 11) is 2.99. The zero-order chi connectivity index (χ0) is 50.7. The van der Waals surface area contributed by atoms with Gasteiger partial charge in [0, 0.05) is 50.0 Å². The molecule has 2 atom stereocenters. The minimum Gasteiger partial charge on any atom is -0.484 e. The van der Waals surface area contributed by atoms with Crippen LogP contribution in [-0.4, -0.2) is 125 Å². The summed E-state index contributed by atoms with van der Waals surface area (Å²) < 4.78 is 25.5. The second-order valence-electron chi connectivity index (χ2n) is 16.8. The topological polar surface area (TPSA) is 252 Å². The minimum atomic E-state index is -1.10. The molecule has 3 N–H and O–H groups in total. The van der Waals surface area contributed by atoms with Crippen LogP contribution < -0.4 is 35.9 Å². The van der Waals surface area contributed by atoms with Crippen LogP contribution in [0.1, 0.15) is 91.6 Å². The monoisotopic (exact) mass is 1010 g/mol.